The highest BCUT2D eigenvalue weighted by molar-refractivity contribution is 7.47. The van der Waals surface area contributed by atoms with Gasteiger partial charge in [0.2, 0.25) is 0 Å². The number of aliphatic hydroxyl groups is 1. The lowest BCUT2D eigenvalue weighted by molar-refractivity contribution is -0.161. The minimum Gasteiger partial charge on any atom is -0.462 e. The Morgan fingerprint density at radius 3 is 0.789 bits per heavy atom. The van der Waals surface area contributed by atoms with E-state index in [1.165, 1.54) is 148 Å². The lowest BCUT2D eigenvalue weighted by Gasteiger charge is -2.21. The van der Waals surface area contributed by atoms with E-state index in [2.05, 4.69) is 55.4 Å². The van der Waals surface area contributed by atoms with Gasteiger partial charge in [0.1, 0.15) is 19.3 Å². The molecule has 0 aromatic rings. The molecule has 17 nitrogen and oxygen atoms in total. The largest absolute Gasteiger partial charge is 0.472 e. The number of carbonyl (C=O) groups is 4. The summed E-state index contributed by atoms with van der Waals surface area (Å²) in [4.78, 5) is 72.5. The summed E-state index contributed by atoms with van der Waals surface area (Å²) in [6.07, 6.45) is 43.3. The maximum atomic E-state index is 13.0. The molecule has 7 atom stereocenters. The number of aliphatic hydroxyl groups excluding tert-OH is 1. The fraction of sp³-hybridized carbons (Fsp3) is 0.944. The van der Waals surface area contributed by atoms with E-state index in [1.54, 1.807) is 0 Å². The first-order valence-corrected chi connectivity index (χ1v) is 39.8. The normalized spacial score (nSPS) is 14.9. The van der Waals surface area contributed by atoms with Gasteiger partial charge in [-0.25, -0.2) is 9.13 Å². The van der Waals surface area contributed by atoms with Crippen LogP contribution in [0, 0.1) is 23.7 Å². The van der Waals surface area contributed by atoms with E-state index in [1.807, 2.05) is 0 Å². The predicted octanol–water partition coefficient (Wildman–Crippen LogP) is 20.1. The second-order valence-corrected chi connectivity index (χ2v) is 30.0. The van der Waals surface area contributed by atoms with Crippen molar-refractivity contribution in [3.63, 3.8) is 0 Å². The summed E-state index contributed by atoms with van der Waals surface area (Å²) in [5.41, 5.74) is 0. The third-order valence-electron chi connectivity index (χ3n) is 17.0. The van der Waals surface area contributed by atoms with E-state index >= 15 is 0 Å². The maximum Gasteiger partial charge on any atom is 0.472 e. The molecule has 0 rings (SSSR count). The van der Waals surface area contributed by atoms with Crippen LogP contribution in [-0.2, 0) is 65.4 Å². The number of phosphoric ester groups is 2. The molecular formula is C71H138O17P2. The lowest BCUT2D eigenvalue weighted by atomic mass is 10.00. The third-order valence-corrected chi connectivity index (χ3v) is 18.9. The summed E-state index contributed by atoms with van der Waals surface area (Å²) in [6, 6.07) is 0. The van der Waals surface area contributed by atoms with Crippen LogP contribution < -0.4 is 0 Å². The van der Waals surface area contributed by atoms with Gasteiger partial charge in [-0.3, -0.25) is 37.3 Å². The summed E-state index contributed by atoms with van der Waals surface area (Å²) in [6.45, 7) is 14.1. The molecule has 0 aliphatic heterocycles. The highest BCUT2D eigenvalue weighted by Gasteiger charge is 2.30. The molecule has 4 unspecified atom stereocenters. The summed E-state index contributed by atoms with van der Waals surface area (Å²) in [5, 5.41) is 10.6. The average Bonchev–Trinajstić information content (AvgIpc) is 3.49. The standard InChI is InChI=1S/C71H138O17P2/c1-9-63(7)49-41-33-27-29-36-44-52-69(74)82-58-66(87-70(75)53-45-37-26-22-21-24-32-40-48-62(5)6)59-85-89(77,78)83-55-65(72)56-84-90(79,80)86-60-67(88-71(76)54-46-38-30-28-34-42-50-64(8)10-2)57-81-68(73)51-43-35-25-20-18-16-14-12-11-13-15-17-19-23-31-39-47-61(3)4/h61-67,72H,9-60H2,1-8H3,(H,77,78)(H,79,80)/t63?,64?,65-,66+,67+/m0/s1. The maximum absolute atomic E-state index is 13.0. The van der Waals surface area contributed by atoms with Crippen LogP contribution in [0.4, 0.5) is 0 Å². The molecule has 534 valence electrons. The van der Waals surface area contributed by atoms with E-state index in [4.69, 9.17) is 37.0 Å². The van der Waals surface area contributed by atoms with Crippen LogP contribution in [0.3, 0.4) is 0 Å². The zero-order valence-electron chi connectivity index (χ0n) is 58.8. The van der Waals surface area contributed by atoms with Crippen LogP contribution in [0.5, 0.6) is 0 Å². The van der Waals surface area contributed by atoms with Crippen LogP contribution in [0.1, 0.15) is 351 Å². The summed E-state index contributed by atoms with van der Waals surface area (Å²) < 4.78 is 68.2. The van der Waals surface area contributed by atoms with Crippen LogP contribution in [0.2, 0.25) is 0 Å². The van der Waals surface area contributed by atoms with Gasteiger partial charge in [0.15, 0.2) is 12.2 Å². The van der Waals surface area contributed by atoms with Crippen molar-refractivity contribution in [2.45, 2.75) is 369 Å². The number of carbonyl (C=O) groups excluding carboxylic acids is 4. The van der Waals surface area contributed by atoms with Crippen molar-refractivity contribution < 1.29 is 80.2 Å². The zero-order chi connectivity index (χ0) is 66.8. The molecule has 0 saturated heterocycles. The second-order valence-electron chi connectivity index (χ2n) is 27.1. The van der Waals surface area contributed by atoms with E-state index in [-0.39, 0.29) is 25.7 Å². The van der Waals surface area contributed by atoms with Gasteiger partial charge >= 0.3 is 39.5 Å². The van der Waals surface area contributed by atoms with Gasteiger partial charge < -0.3 is 33.8 Å². The number of phosphoric acid groups is 2. The fourth-order valence-electron chi connectivity index (χ4n) is 10.6. The molecule has 3 N–H and O–H groups in total. The molecule has 0 fully saturated rings. The number of hydrogen-bond donors (Lipinski definition) is 3. The van der Waals surface area contributed by atoms with Crippen molar-refractivity contribution in [1.29, 1.82) is 0 Å². The number of esters is 4. The highest BCUT2D eigenvalue weighted by atomic mass is 31.2. The van der Waals surface area contributed by atoms with Gasteiger partial charge in [-0.15, -0.1) is 0 Å². The monoisotopic (exact) mass is 1320 g/mol. The van der Waals surface area contributed by atoms with Crippen LogP contribution in [-0.4, -0.2) is 96.7 Å². The second kappa shape index (κ2) is 60.7. The molecule has 90 heavy (non-hydrogen) atoms. The molecule has 0 heterocycles. The van der Waals surface area contributed by atoms with Gasteiger partial charge in [0.05, 0.1) is 26.4 Å². The Morgan fingerprint density at radius 2 is 0.533 bits per heavy atom. The number of ether oxygens (including phenoxy) is 4. The van der Waals surface area contributed by atoms with Crippen molar-refractivity contribution in [2.24, 2.45) is 23.7 Å². The van der Waals surface area contributed by atoms with Gasteiger partial charge in [0, 0.05) is 25.7 Å². The zero-order valence-corrected chi connectivity index (χ0v) is 60.6. The predicted molar refractivity (Wildman–Crippen MR) is 363 cm³/mol. The lowest BCUT2D eigenvalue weighted by Crippen LogP contribution is -2.30. The first kappa shape index (κ1) is 88.1. The van der Waals surface area contributed by atoms with Crippen molar-refractivity contribution in [1.82, 2.24) is 0 Å². The van der Waals surface area contributed by atoms with Crippen molar-refractivity contribution >= 4 is 39.5 Å². The molecule has 0 aromatic carbocycles. The minimum atomic E-state index is -4.95. The Kier molecular flexibility index (Phi) is 59.4. The van der Waals surface area contributed by atoms with E-state index in [0.717, 1.165) is 120 Å². The molecule has 0 amide bonds. The molecule has 0 bridgehead atoms. The highest BCUT2D eigenvalue weighted by Crippen LogP contribution is 2.45. The molecule has 0 saturated carbocycles. The fourth-order valence-corrected chi connectivity index (χ4v) is 12.2. The first-order chi connectivity index (χ1) is 43.2. The molecule has 19 heteroatoms. The molecule has 0 aromatic heterocycles. The van der Waals surface area contributed by atoms with Gasteiger partial charge in [-0.2, -0.15) is 0 Å². The summed E-state index contributed by atoms with van der Waals surface area (Å²) >= 11 is 0. The van der Waals surface area contributed by atoms with E-state index in [0.29, 0.717) is 25.7 Å². The molecule has 0 spiro atoms. The Balaban J connectivity index is 5.18. The number of rotatable bonds is 68. The Morgan fingerprint density at radius 1 is 0.311 bits per heavy atom. The number of unbranched alkanes of at least 4 members (excludes halogenated alkanes) is 32. The smallest absolute Gasteiger partial charge is 0.462 e. The number of hydrogen-bond acceptors (Lipinski definition) is 15. The minimum absolute atomic E-state index is 0.103. The Hall–Kier alpha value is -1.94. The van der Waals surface area contributed by atoms with Crippen molar-refractivity contribution in [3.8, 4) is 0 Å². The van der Waals surface area contributed by atoms with Crippen molar-refractivity contribution in [2.75, 3.05) is 39.6 Å². The summed E-state index contributed by atoms with van der Waals surface area (Å²) in [7, 11) is -9.90. The third kappa shape index (κ3) is 62.2. The SMILES string of the molecule is CCC(C)CCCCCCCCC(=O)OC[C@H](COP(=O)(O)OC[C@H](O)COP(=O)(O)OC[C@@H](COC(=O)CCCCCCCCCCCCCCCCCCC(C)C)OC(=O)CCCCCCCCC(C)CC)OC(=O)CCCCCCCCCCC(C)C. The molecule has 0 radical (unpaired) electrons. The quantitative estimate of drug-likeness (QED) is 0.0222. The molecular weight excluding hydrogens is 1190 g/mol. The van der Waals surface area contributed by atoms with Crippen LogP contribution >= 0.6 is 15.6 Å². The summed E-state index contributed by atoms with van der Waals surface area (Å²) in [5.74, 6) is 0.848. The average molecular weight is 1330 g/mol. The van der Waals surface area contributed by atoms with Crippen LogP contribution in [0.25, 0.3) is 0 Å². The van der Waals surface area contributed by atoms with Crippen molar-refractivity contribution in [3.05, 3.63) is 0 Å². The van der Waals surface area contributed by atoms with E-state index < -0.39 is 97.5 Å². The van der Waals surface area contributed by atoms with E-state index in [9.17, 15) is 43.2 Å². The molecule has 0 aliphatic rings. The topological polar surface area (TPSA) is 237 Å². The van der Waals surface area contributed by atoms with Crippen LogP contribution in [0.15, 0.2) is 0 Å². The Bertz CT molecular complexity index is 1790. The molecule has 0 aliphatic carbocycles. The van der Waals surface area contributed by atoms with Gasteiger partial charge in [-0.1, -0.05) is 299 Å². The van der Waals surface area contributed by atoms with Gasteiger partial charge in [-0.05, 0) is 49.4 Å². The first-order valence-electron chi connectivity index (χ1n) is 36.8. The Labute approximate surface area is 549 Å². The van der Waals surface area contributed by atoms with Gasteiger partial charge in [0.25, 0.3) is 0 Å².